The van der Waals surface area contributed by atoms with Gasteiger partial charge < -0.3 is 15.4 Å². The molecule has 1 heterocycles. The lowest BCUT2D eigenvalue weighted by molar-refractivity contribution is 0.0855. The van der Waals surface area contributed by atoms with E-state index in [-0.39, 0.29) is 6.04 Å². The number of benzene rings is 1. The number of rotatable bonds is 4. The Morgan fingerprint density at radius 2 is 2.11 bits per heavy atom. The minimum Gasteiger partial charge on any atom is -0.381 e. The number of hydrogen-bond acceptors (Lipinski definition) is 3. The average Bonchev–Trinajstić information content (AvgIpc) is 2.41. The van der Waals surface area contributed by atoms with Gasteiger partial charge in [-0.05, 0) is 43.9 Å². The third-order valence-electron chi connectivity index (χ3n) is 3.72. The molecule has 2 rings (SSSR count). The fourth-order valence-electron chi connectivity index (χ4n) is 2.55. The van der Waals surface area contributed by atoms with Gasteiger partial charge in [-0.3, -0.25) is 0 Å². The molecule has 106 valence electrons. The lowest BCUT2D eigenvalue weighted by Crippen LogP contribution is -2.36. The second-order valence-corrected chi connectivity index (χ2v) is 5.82. The molecule has 1 aliphatic heterocycles. The molecule has 0 aliphatic carbocycles. The van der Waals surface area contributed by atoms with Crippen LogP contribution in [0.25, 0.3) is 0 Å². The van der Waals surface area contributed by atoms with E-state index in [1.54, 1.807) is 0 Å². The van der Waals surface area contributed by atoms with E-state index in [2.05, 4.69) is 30.1 Å². The molecule has 1 aliphatic rings. The molecule has 1 unspecified atom stereocenters. The Hall–Kier alpha value is -0.770. The molecule has 1 atom stereocenters. The Kier molecular flexibility index (Phi) is 5.08. The van der Waals surface area contributed by atoms with Gasteiger partial charge in [0, 0.05) is 43.1 Å². The maximum Gasteiger partial charge on any atom is 0.0485 e. The van der Waals surface area contributed by atoms with Crippen molar-refractivity contribution in [3.8, 4) is 0 Å². The third kappa shape index (κ3) is 3.85. The number of hydrogen-bond donors (Lipinski definition) is 1. The quantitative estimate of drug-likeness (QED) is 0.923. The van der Waals surface area contributed by atoms with Crippen molar-refractivity contribution in [1.82, 2.24) is 0 Å². The van der Waals surface area contributed by atoms with Crippen molar-refractivity contribution in [1.29, 1.82) is 0 Å². The van der Waals surface area contributed by atoms with Gasteiger partial charge in [-0.2, -0.15) is 0 Å². The fraction of sp³-hybridized carbons (Fsp3) is 0.600. The zero-order valence-electron chi connectivity index (χ0n) is 11.7. The van der Waals surface area contributed by atoms with Crippen molar-refractivity contribution in [3.05, 3.63) is 28.8 Å². The van der Waals surface area contributed by atoms with Crippen LogP contribution in [0, 0.1) is 0 Å². The maximum atomic E-state index is 6.35. The van der Waals surface area contributed by atoms with Crippen LogP contribution < -0.4 is 10.6 Å². The molecule has 1 aromatic carbocycles. The normalized spacial score (nSPS) is 18.3. The summed E-state index contributed by atoms with van der Waals surface area (Å²) in [6, 6.07) is 6.96. The Bertz CT molecular complexity index is 417. The minimum absolute atomic E-state index is 0.136. The van der Waals surface area contributed by atoms with Crippen molar-refractivity contribution in [2.45, 2.75) is 38.3 Å². The Morgan fingerprint density at radius 1 is 1.42 bits per heavy atom. The Morgan fingerprint density at radius 3 is 2.68 bits per heavy atom. The third-order valence-corrected chi connectivity index (χ3v) is 4.08. The van der Waals surface area contributed by atoms with E-state index < -0.39 is 0 Å². The zero-order valence-corrected chi connectivity index (χ0v) is 12.5. The van der Waals surface area contributed by atoms with Gasteiger partial charge in [0.15, 0.2) is 0 Å². The molecule has 0 saturated carbocycles. The summed E-state index contributed by atoms with van der Waals surface area (Å²) in [5.74, 6) is 0. The lowest BCUT2D eigenvalue weighted by atomic mass is 10.0. The van der Waals surface area contributed by atoms with E-state index in [0.717, 1.165) is 43.1 Å². The Labute approximate surface area is 120 Å². The molecule has 1 saturated heterocycles. The topological polar surface area (TPSA) is 38.5 Å². The van der Waals surface area contributed by atoms with Crippen LogP contribution in [0.5, 0.6) is 0 Å². The molecule has 1 aromatic rings. The molecule has 0 radical (unpaired) electrons. The van der Waals surface area contributed by atoms with Gasteiger partial charge in [-0.1, -0.05) is 17.7 Å². The number of anilines is 1. The molecule has 4 heteroatoms. The molecule has 0 spiro atoms. The highest BCUT2D eigenvalue weighted by Crippen LogP contribution is 2.27. The van der Waals surface area contributed by atoms with Gasteiger partial charge in [-0.25, -0.2) is 0 Å². The van der Waals surface area contributed by atoms with E-state index in [1.165, 1.54) is 5.69 Å². The largest absolute Gasteiger partial charge is 0.381 e. The van der Waals surface area contributed by atoms with Gasteiger partial charge in [0.25, 0.3) is 0 Å². The van der Waals surface area contributed by atoms with Crippen molar-refractivity contribution in [3.63, 3.8) is 0 Å². The summed E-state index contributed by atoms with van der Waals surface area (Å²) in [6.45, 7) is 3.70. The second-order valence-electron chi connectivity index (χ2n) is 5.41. The highest BCUT2D eigenvalue weighted by Gasteiger charge is 2.19. The maximum absolute atomic E-state index is 6.35. The molecule has 1 fully saturated rings. The first-order valence-corrected chi connectivity index (χ1v) is 7.30. The Balaban J connectivity index is 2.09. The van der Waals surface area contributed by atoms with Gasteiger partial charge in [0.1, 0.15) is 0 Å². The van der Waals surface area contributed by atoms with Crippen molar-refractivity contribution in [2.24, 2.45) is 5.73 Å². The van der Waals surface area contributed by atoms with E-state index in [4.69, 9.17) is 22.1 Å². The molecule has 19 heavy (non-hydrogen) atoms. The second kappa shape index (κ2) is 6.60. The number of nitrogens with zero attached hydrogens (tertiary/aromatic N) is 1. The fourth-order valence-corrected chi connectivity index (χ4v) is 2.80. The highest BCUT2D eigenvalue weighted by molar-refractivity contribution is 6.31. The average molecular weight is 283 g/mol. The van der Waals surface area contributed by atoms with Crippen LogP contribution in [0.4, 0.5) is 5.69 Å². The van der Waals surface area contributed by atoms with Crippen LogP contribution in [-0.2, 0) is 11.2 Å². The van der Waals surface area contributed by atoms with Crippen LogP contribution in [-0.4, -0.2) is 32.3 Å². The summed E-state index contributed by atoms with van der Waals surface area (Å²) >= 11 is 6.35. The highest BCUT2D eigenvalue weighted by atomic mass is 35.5. The summed E-state index contributed by atoms with van der Waals surface area (Å²) in [6.07, 6.45) is 2.98. The summed E-state index contributed by atoms with van der Waals surface area (Å²) in [5, 5.41) is 0.814. The lowest BCUT2D eigenvalue weighted by Gasteiger charge is -2.33. The van der Waals surface area contributed by atoms with Gasteiger partial charge in [0.2, 0.25) is 0 Å². The van der Waals surface area contributed by atoms with E-state index in [9.17, 15) is 0 Å². The smallest absolute Gasteiger partial charge is 0.0485 e. The summed E-state index contributed by atoms with van der Waals surface area (Å²) < 4.78 is 5.41. The van der Waals surface area contributed by atoms with Crippen LogP contribution in [0.2, 0.25) is 5.02 Å². The van der Waals surface area contributed by atoms with E-state index in [1.807, 2.05) is 6.92 Å². The van der Waals surface area contributed by atoms with Crippen LogP contribution in [0.1, 0.15) is 25.3 Å². The summed E-state index contributed by atoms with van der Waals surface area (Å²) in [4.78, 5) is 2.31. The minimum atomic E-state index is 0.136. The monoisotopic (exact) mass is 282 g/mol. The van der Waals surface area contributed by atoms with Crippen LogP contribution in [0.3, 0.4) is 0 Å². The molecule has 0 aromatic heterocycles. The van der Waals surface area contributed by atoms with Crippen LogP contribution in [0.15, 0.2) is 18.2 Å². The molecule has 2 N–H and O–H groups in total. The molecular formula is C15H23ClN2O. The first-order chi connectivity index (χ1) is 9.08. The summed E-state index contributed by atoms with van der Waals surface area (Å²) in [7, 11) is 2.13. The first-order valence-electron chi connectivity index (χ1n) is 6.92. The van der Waals surface area contributed by atoms with Gasteiger partial charge >= 0.3 is 0 Å². The molecule has 0 bridgehead atoms. The van der Waals surface area contributed by atoms with Gasteiger partial charge in [0.05, 0.1) is 0 Å². The van der Waals surface area contributed by atoms with Crippen molar-refractivity contribution in [2.75, 3.05) is 25.2 Å². The summed E-state index contributed by atoms with van der Waals surface area (Å²) in [5.41, 5.74) is 8.12. The zero-order chi connectivity index (χ0) is 13.8. The number of ether oxygens (including phenoxy) is 1. The van der Waals surface area contributed by atoms with E-state index >= 15 is 0 Å². The SMILES string of the molecule is CC(N)Cc1ccc(N(C)C2CCOCC2)cc1Cl. The van der Waals surface area contributed by atoms with E-state index in [0.29, 0.717) is 6.04 Å². The first kappa shape index (κ1) is 14.6. The molecule has 3 nitrogen and oxygen atoms in total. The predicted molar refractivity (Wildman–Crippen MR) is 81.0 cm³/mol. The van der Waals surface area contributed by atoms with Crippen LogP contribution >= 0.6 is 11.6 Å². The van der Waals surface area contributed by atoms with Crippen molar-refractivity contribution >= 4 is 17.3 Å². The molecular weight excluding hydrogens is 260 g/mol. The number of halogens is 1. The standard InChI is InChI=1S/C15H23ClN2O/c1-11(17)9-12-3-4-14(10-15(12)16)18(2)13-5-7-19-8-6-13/h3-4,10-11,13H,5-9,17H2,1-2H3. The van der Waals surface area contributed by atoms with Gasteiger partial charge in [-0.15, -0.1) is 0 Å². The van der Waals surface area contributed by atoms with Crippen molar-refractivity contribution < 1.29 is 4.74 Å². The predicted octanol–water partition coefficient (Wildman–Crippen LogP) is 2.84. The molecule has 0 amide bonds. The number of nitrogens with two attached hydrogens (primary N) is 1.